The molecule has 0 aliphatic rings. The van der Waals surface area contributed by atoms with E-state index in [1.54, 1.807) is 37.3 Å². The summed E-state index contributed by atoms with van der Waals surface area (Å²) in [5.74, 6) is -0.911. The maximum atomic E-state index is 13.4. The van der Waals surface area contributed by atoms with Crippen LogP contribution in [0.3, 0.4) is 0 Å². The van der Waals surface area contributed by atoms with E-state index in [2.05, 4.69) is 5.32 Å². The Bertz CT molecular complexity index is 641. The summed E-state index contributed by atoms with van der Waals surface area (Å²) in [5, 5.41) is 2.96. The Morgan fingerprint density at radius 3 is 2.63 bits per heavy atom. The molecule has 0 saturated heterocycles. The van der Waals surface area contributed by atoms with Gasteiger partial charge in [-0.15, -0.1) is 0 Å². The van der Waals surface area contributed by atoms with Gasteiger partial charge in [-0.05, 0) is 36.8 Å². The molecule has 1 amide bonds. The lowest BCUT2D eigenvalue weighted by Gasteiger charge is -2.12. The molecule has 5 N–H and O–H groups in total. The number of carbonyl (C=O) groups excluding carboxylic acids is 1. The molecule has 0 unspecified atom stereocenters. The molecule has 2 aromatic rings. The van der Waals surface area contributed by atoms with E-state index in [1.165, 1.54) is 6.07 Å². The average molecular weight is 259 g/mol. The molecule has 0 spiro atoms. The number of nitrogens with one attached hydrogen (secondary N) is 1. The number of benzene rings is 2. The minimum atomic E-state index is -0.601. The van der Waals surface area contributed by atoms with Crippen molar-refractivity contribution in [2.24, 2.45) is 5.73 Å². The molecule has 0 heterocycles. The number of nitrogen functional groups attached to an aromatic ring is 1. The Kier molecular flexibility index (Phi) is 3.37. The number of hydrogen-bond donors (Lipinski definition) is 3. The topological polar surface area (TPSA) is 81.1 Å². The Labute approximate surface area is 110 Å². The Balaban J connectivity index is 2.35. The van der Waals surface area contributed by atoms with Crippen LogP contribution < -0.4 is 16.8 Å². The monoisotopic (exact) mass is 259 g/mol. The maximum Gasteiger partial charge on any atom is 0.250 e. The third kappa shape index (κ3) is 2.65. The zero-order valence-corrected chi connectivity index (χ0v) is 10.4. The van der Waals surface area contributed by atoms with Gasteiger partial charge in [0.1, 0.15) is 5.82 Å². The molecule has 0 radical (unpaired) electrons. The summed E-state index contributed by atoms with van der Waals surface area (Å²) in [4.78, 5) is 11.2. The summed E-state index contributed by atoms with van der Waals surface area (Å²) in [7, 11) is 0. The number of carbonyl (C=O) groups is 1. The van der Waals surface area contributed by atoms with E-state index in [4.69, 9.17) is 11.5 Å². The number of primary amides is 1. The number of amides is 1. The highest BCUT2D eigenvalue weighted by molar-refractivity contribution is 6.01. The lowest BCUT2D eigenvalue weighted by molar-refractivity contribution is 0.100. The molecule has 19 heavy (non-hydrogen) atoms. The lowest BCUT2D eigenvalue weighted by atomic mass is 10.1. The van der Waals surface area contributed by atoms with E-state index >= 15 is 0 Å². The Morgan fingerprint density at radius 1 is 1.26 bits per heavy atom. The van der Waals surface area contributed by atoms with E-state index in [-0.39, 0.29) is 17.1 Å². The molecule has 0 aliphatic heterocycles. The van der Waals surface area contributed by atoms with Gasteiger partial charge in [0.2, 0.25) is 0 Å². The molecular formula is C14H14FN3O. The highest BCUT2D eigenvalue weighted by Gasteiger charge is 2.09. The summed E-state index contributed by atoms with van der Waals surface area (Å²) >= 11 is 0. The molecule has 0 aliphatic carbocycles. The van der Waals surface area contributed by atoms with Crippen molar-refractivity contribution in [1.29, 1.82) is 0 Å². The molecule has 5 heteroatoms. The first-order valence-corrected chi connectivity index (χ1v) is 5.70. The maximum absolute atomic E-state index is 13.4. The fourth-order valence-corrected chi connectivity index (χ4v) is 1.72. The molecule has 0 fully saturated rings. The van der Waals surface area contributed by atoms with E-state index in [0.717, 1.165) is 0 Å². The summed E-state index contributed by atoms with van der Waals surface area (Å²) in [6.07, 6.45) is 0. The normalized spacial score (nSPS) is 10.2. The van der Waals surface area contributed by atoms with E-state index in [0.29, 0.717) is 16.9 Å². The first-order valence-electron chi connectivity index (χ1n) is 5.70. The molecule has 0 aromatic heterocycles. The SMILES string of the molecule is Cc1ccc(Nc2cccc(C(N)=O)c2N)cc1F. The number of halogens is 1. The quantitative estimate of drug-likeness (QED) is 0.741. The van der Waals surface area contributed by atoms with Crippen molar-refractivity contribution in [3.63, 3.8) is 0 Å². The standard InChI is InChI=1S/C14H14FN3O/c1-8-5-6-9(7-11(8)15)18-12-4-2-3-10(13(12)16)14(17)19/h2-7,18H,16H2,1H3,(H2,17,19). The van der Waals surface area contributed by atoms with Crippen LogP contribution in [0, 0.1) is 12.7 Å². The van der Waals surface area contributed by atoms with Crippen LogP contribution in [-0.2, 0) is 0 Å². The summed E-state index contributed by atoms with van der Waals surface area (Å²) in [5.41, 5.74) is 13.2. The van der Waals surface area contributed by atoms with Crippen molar-refractivity contribution in [2.75, 3.05) is 11.1 Å². The predicted octanol–water partition coefficient (Wildman–Crippen LogP) is 2.56. The van der Waals surface area contributed by atoms with Gasteiger partial charge in [0.05, 0.1) is 16.9 Å². The van der Waals surface area contributed by atoms with Gasteiger partial charge in [0.15, 0.2) is 0 Å². The molecule has 2 aromatic carbocycles. The predicted molar refractivity (Wildman–Crippen MR) is 73.8 cm³/mol. The van der Waals surface area contributed by atoms with E-state index in [1.807, 2.05) is 0 Å². The smallest absolute Gasteiger partial charge is 0.250 e. The number of anilines is 3. The highest BCUT2D eigenvalue weighted by atomic mass is 19.1. The number of nitrogens with two attached hydrogens (primary N) is 2. The number of rotatable bonds is 3. The molecular weight excluding hydrogens is 245 g/mol. The van der Waals surface area contributed by atoms with Gasteiger partial charge in [-0.2, -0.15) is 0 Å². The van der Waals surface area contributed by atoms with Crippen LogP contribution in [0.2, 0.25) is 0 Å². The second-order valence-corrected chi connectivity index (χ2v) is 4.22. The van der Waals surface area contributed by atoms with Crippen LogP contribution >= 0.6 is 0 Å². The average Bonchev–Trinajstić information content (AvgIpc) is 2.36. The van der Waals surface area contributed by atoms with Crippen LogP contribution in [0.5, 0.6) is 0 Å². The van der Waals surface area contributed by atoms with Gasteiger partial charge < -0.3 is 16.8 Å². The van der Waals surface area contributed by atoms with Gasteiger partial charge in [0, 0.05) is 5.69 Å². The van der Waals surface area contributed by atoms with Gasteiger partial charge in [-0.3, -0.25) is 4.79 Å². The van der Waals surface area contributed by atoms with Crippen molar-refractivity contribution in [3.8, 4) is 0 Å². The van der Waals surface area contributed by atoms with Crippen molar-refractivity contribution < 1.29 is 9.18 Å². The van der Waals surface area contributed by atoms with Crippen LogP contribution in [-0.4, -0.2) is 5.91 Å². The second kappa shape index (κ2) is 4.97. The van der Waals surface area contributed by atoms with Gasteiger partial charge in [-0.1, -0.05) is 12.1 Å². The van der Waals surface area contributed by atoms with Crippen molar-refractivity contribution in [1.82, 2.24) is 0 Å². The van der Waals surface area contributed by atoms with Crippen molar-refractivity contribution in [2.45, 2.75) is 6.92 Å². The minimum absolute atomic E-state index is 0.234. The van der Waals surface area contributed by atoms with E-state index in [9.17, 15) is 9.18 Å². The Morgan fingerprint density at radius 2 is 2.00 bits per heavy atom. The zero-order chi connectivity index (χ0) is 14.0. The fraction of sp³-hybridized carbons (Fsp3) is 0.0714. The third-order valence-electron chi connectivity index (χ3n) is 2.82. The van der Waals surface area contributed by atoms with Crippen LogP contribution in [0.25, 0.3) is 0 Å². The number of aryl methyl sites for hydroxylation is 1. The molecule has 4 nitrogen and oxygen atoms in total. The zero-order valence-electron chi connectivity index (χ0n) is 10.4. The highest BCUT2D eigenvalue weighted by Crippen LogP contribution is 2.26. The minimum Gasteiger partial charge on any atom is -0.396 e. The molecule has 0 atom stereocenters. The van der Waals surface area contributed by atoms with Crippen LogP contribution in [0.15, 0.2) is 36.4 Å². The van der Waals surface area contributed by atoms with Gasteiger partial charge >= 0.3 is 0 Å². The van der Waals surface area contributed by atoms with E-state index < -0.39 is 5.91 Å². The molecule has 0 saturated carbocycles. The second-order valence-electron chi connectivity index (χ2n) is 4.22. The number of para-hydroxylation sites is 1. The lowest BCUT2D eigenvalue weighted by Crippen LogP contribution is -2.14. The largest absolute Gasteiger partial charge is 0.396 e. The van der Waals surface area contributed by atoms with Crippen LogP contribution in [0.4, 0.5) is 21.5 Å². The summed E-state index contributed by atoms with van der Waals surface area (Å²) in [6.45, 7) is 1.68. The Hall–Kier alpha value is -2.56. The van der Waals surface area contributed by atoms with Gasteiger partial charge in [0.25, 0.3) is 5.91 Å². The van der Waals surface area contributed by atoms with Crippen molar-refractivity contribution >= 4 is 23.0 Å². The third-order valence-corrected chi connectivity index (χ3v) is 2.82. The molecule has 0 bridgehead atoms. The summed E-state index contributed by atoms with van der Waals surface area (Å²) in [6, 6.07) is 9.65. The summed E-state index contributed by atoms with van der Waals surface area (Å²) < 4.78 is 13.4. The number of hydrogen-bond acceptors (Lipinski definition) is 3. The van der Waals surface area contributed by atoms with Gasteiger partial charge in [-0.25, -0.2) is 4.39 Å². The molecule has 98 valence electrons. The van der Waals surface area contributed by atoms with Crippen LogP contribution in [0.1, 0.15) is 15.9 Å². The fourth-order valence-electron chi connectivity index (χ4n) is 1.72. The molecule has 2 rings (SSSR count). The first-order chi connectivity index (χ1) is 8.99. The first kappa shape index (κ1) is 12.9. The van der Waals surface area contributed by atoms with Crippen molar-refractivity contribution in [3.05, 3.63) is 53.3 Å².